The number of hydrogen-bond donors (Lipinski definition) is 0. The molecular formula is C4H6F2N2O5S2. The van der Waals surface area contributed by atoms with Gasteiger partial charge in [0.25, 0.3) is 16.8 Å². The molecular weight excluding hydrogens is 258 g/mol. The van der Waals surface area contributed by atoms with Crippen LogP contribution in [0.25, 0.3) is 0 Å². The van der Waals surface area contributed by atoms with E-state index in [-0.39, 0.29) is 0 Å². The van der Waals surface area contributed by atoms with E-state index in [2.05, 4.69) is 0 Å². The highest BCUT2D eigenvalue weighted by atomic mass is 32.3. The smallest absolute Gasteiger partial charge is 0.480 e. The molecule has 7 nitrogen and oxygen atoms in total. The molecule has 0 aliphatic carbocycles. The zero-order valence-electron chi connectivity index (χ0n) is 7.24. The van der Waals surface area contributed by atoms with Crippen LogP contribution in [0.5, 0.6) is 0 Å². The van der Waals surface area contributed by atoms with Crippen molar-refractivity contribution in [2.75, 3.05) is 0 Å². The van der Waals surface area contributed by atoms with E-state index in [9.17, 15) is 16.2 Å². The lowest BCUT2D eigenvalue weighted by Crippen LogP contribution is -2.24. The summed E-state index contributed by atoms with van der Waals surface area (Å²) in [4.78, 5) is 0. The van der Waals surface area contributed by atoms with Crippen molar-refractivity contribution >= 4 is 20.9 Å². The molecule has 0 unspecified atom stereocenters. The van der Waals surface area contributed by atoms with E-state index in [0.717, 1.165) is 12.5 Å². The quantitative estimate of drug-likeness (QED) is 0.360. The lowest BCUT2D eigenvalue weighted by atomic mass is 10.9. The first-order valence-corrected chi connectivity index (χ1v) is 5.79. The van der Waals surface area contributed by atoms with Crippen molar-refractivity contribution in [3.05, 3.63) is 18.7 Å². The topological polar surface area (TPSA) is 100 Å². The average Bonchev–Trinajstić information content (AvgIpc) is 2.29. The molecule has 0 saturated heterocycles. The Balaban J connectivity index is 0.000000336. The second-order valence-electron chi connectivity index (χ2n) is 2.24. The van der Waals surface area contributed by atoms with Crippen LogP contribution in [0, 0.1) is 0 Å². The van der Waals surface area contributed by atoms with Crippen molar-refractivity contribution in [2.24, 2.45) is 7.05 Å². The van der Waals surface area contributed by atoms with Gasteiger partial charge < -0.3 is 4.55 Å². The van der Waals surface area contributed by atoms with E-state index >= 15 is 0 Å². The normalized spacial score (nSPS) is 11.7. The Bertz CT molecular complexity index is 511. The van der Waals surface area contributed by atoms with E-state index in [1.165, 1.54) is 10.8 Å². The predicted molar refractivity (Wildman–Crippen MR) is 41.8 cm³/mol. The van der Waals surface area contributed by atoms with E-state index in [1.807, 2.05) is 0 Å². The van der Waals surface area contributed by atoms with Gasteiger partial charge in [0.05, 0.1) is 7.05 Å². The van der Waals surface area contributed by atoms with Gasteiger partial charge in [-0.1, -0.05) is 7.86 Å². The molecule has 1 rings (SSSR count). The summed E-state index contributed by atoms with van der Waals surface area (Å²) in [6, 6.07) is 0. The summed E-state index contributed by atoms with van der Waals surface area (Å²) in [5.74, 6) is 0. The van der Waals surface area contributed by atoms with Gasteiger partial charge in [-0.05, 0) is 0 Å². The third-order valence-corrected chi connectivity index (χ3v) is 1.72. The van der Waals surface area contributed by atoms with Crippen LogP contribution in [0.15, 0.2) is 18.7 Å². The van der Waals surface area contributed by atoms with E-state index in [0.29, 0.717) is 3.97 Å². The number of aryl methyl sites for hydroxylation is 1. The van der Waals surface area contributed by atoms with Crippen molar-refractivity contribution in [3.63, 3.8) is 0 Å². The summed E-state index contributed by atoms with van der Waals surface area (Å²) in [5.41, 5.74) is 0. The molecule has 15 heavy (non-hydrogen) atoms. The fraction of sp³-hybridized carbons (Fsp3) is 0.250. The zero-order valence-corrected chi connectivity index (χ0v) is 8.87. The van der Waals surface area contributed by atoms with Crippen molar-refractivity contribution in [3.8, 4) is 0 Å². The van der Waals surface area contributed by atoms with Crippen LogP contribution in [0.2, 0.25) is 0 Å². The highest BCUT2D eigenvalue weighted by molar-refractivity contribution is 7.84. The van der Waals surface area contributed by atoms with Crippen LogP contribution in [0.4, 0.5) is 7.77 Å². The van der Waals surface area contributed by atoms with Crippen LogP contribution in [-0.4, -0.2) is 25.4 Å². The fourth-order valence-corrected chi connectivity index (χ4v) is 1.02. The van der Waals surface area contributed by atoms with Gasteiger partial charge in [0, 0.05) is 0 Å². The average molecular weight is 264 g/mol. The second kappa shape index (κ2) is 4.63. The first-order chi connectivity index (χ1) is 6.50. The number of imidazole rings is 1. The largest absolute Gasteiger partial charge is 0.722 e. The standard InChI is InChI=1S/C4H6FN2O2S.FHO3S/c1-6-2-3-7(4-6)10(5,8)9;1-5(2,3)4/h2-4H,1H3;(H,2,3,4)/q+1;/p-1. The Morgan fingerprint density at radius 3 is 1.80 bits per heavy atom. The van der Waals surface area contributed by atoms with Gasteiger partial charge in [0.15, 0.2) is 0 Å². The number of halogens is 2. The molecule has 0 aromatic carbocycles. The Labute approximate surface area is 85.0 Å². The van der Waals surface area contributed by atoms with Crippen molar-refractivity contribution in [1.82, 2.24) is 3.97 Å². The van der Waals surface area contributed by atoms with Crippen LogP contribution in [0.3, 0.4) is 0 Å². The number of rotatable bonds is 1. The molecule has 0 amide bonds. The molecule has 0 spiro atoms. The van der Waals surface area contributed by atoms with Crippen LogP contribution in [0.1, 0.15) is 0 Å². The number of nitrogens with zero attached hydrogens (tertiary/aromatic N) is 2. The van der Waals surface area contributed by atoms with Gasteiger partial charge >= 0.3 is 10.4 Å². The molecule has 1 aromatic rings. The minimum Gasteiger partial charge on any atom is -0.722 e. The summed E-state index contributed by atoms with van der Waals surface area (Å²) in [5, 5.41) is 0. The third-order valence-electron chi connectivity index (χ3n) is 0.996. The third kappa shape index (κ3) is 7.96. The molecule has 0 bridgehead atoms. The van der Waals surface area contributed by atoms with Gasteiger partial charge in [0.1, 0.15) is 12.4 Å². The maximum absolute atomic E-state index is 12.1. The minimum absolute atomic E-state index is 0.493. The summed E-state index contributed by atoms with van der Waals surface area (Å²) in [6.07, 6.45) is 3.67. The van der Waals surface area contributed by atoms with E-state index in [4.69, 9.17) is 13.0 Å². The maximum atomic E-state index is 12.1. The molecule has 0 atom stereocenters. The Kier molecular flexibility index (Phi) is 4.30. The second-order valence-corrected chi connectivity index (χ2v) is 4.28. The van der Waals surface area contributed by atoms with Crippen molar-refractivity contribution in [2.45, 2.75) is 0 Å². The molecule has 0 aliphatic heterocycles. The Morgan fingerprint density at radius 1 is 1.27 bits per heavy atom. The highest BCUT2D eigenvalue weighted by Gasteiger charge is 2.16. The maximum Gasteiger partial charge on any atom is 0.480 e. The Morgan fingerprint density at radius 2 is 1.67 bits per heavy atom. The van der Waals surface area contributed by atoms with Gasteiger partial charge in [-0.25, -0.2) is 13.0 Å². The summed E-state index contributed by atoms with van der Waals surface area (Å²) < 4.78 is 69.6. The van der Waals surface area contributed by atoms with Gasteiger partial charge in [0.2, 0.25) is 0 Å². The van der Waals surface area contributed by atoms with Crippen LogP contribution >= 0.6 is 0 Å². The number of aromatic nitrogens is 2. The molecule has 0 saturated carbocycles. The first kappa shape index (κ1) is 13.9. The molecule has 0 N–H and O–H groups in total. The van der Waals surface area contributed by atoms with Gasteiger partial charge in [-0.15, -0.1) is 3.89 Å². The van der Waals surface area contributed by atoms with Crippen LogP contribution in [-0.2, 0) is 28.0 Å². The molecule has 1 heterocycles. The van der Waals surface area contributed by atoms with Crippen molar-refractivity contribution in [1.29, 1.82) is 0 Å². The molecule has 88 valence electrons. The lowest BCUT2D eigenvalue weighted by molar-refractivity contribution is -0.670. The van der Waals surface area contributed by atoms with Gasteiger partial charge in [-0.3, -0.25) is 0 Å². The molecule has 1 aromatic heterocycles. The molecule has 0 fully saturated rings. The van der Waals surface area contributed by atoms with E-state index < -0.39 is 20.9 Å². The predicted octanol–water partition coefficient (Wildman–Crippen LogP) is -1.21. The zero-order chi connectivity index (χ0) is 12.3. The lowest BCUT2D eigenvalue weighted by Gasteiger charge is -1.84. The summed E-state index contributed by atoms with van der Waals surface area (Å²) in [7, 11) is -8.40. The molecule has 0 aliphatic rings. The SMILES string of the molecule is C[n+]1ccn(S(=O)(=O)F)c1.O=S(=O)([O-])F. The molecule has 0 radical (unpaired) electrons. The Hall–Kier alpha value is -1.07. The van der Waals surface area contributed by atoms with Crippen LogP contribution < -0.4 is 4.57 Å². The summed E-state index contributed by atoms with van der Waals surface area (Å²) in [6.45, 7) is 0. The number of hydrogen-bond acceptors (Lipinski definition) is 5. The first-order valence-electron chi connectivity index (χ1n) is 3.14. The van der Waals surface area contributed by atoms with Gasteiger partial charge in [-0.2, -0.15) is 8.42 Å². The highest BCUT2D eigenvalue weighted by Crippen LogP contribution is 1.94. The van der Waals surface area contributed by atoms with E-state index in [1.54, 1.807) is 7.05 Å². The monoisotopic (exact) mass is 264 g/mol. The minimum atomic E-state index is -5.42. The van der Waals surface area contributed by atoms with Crippen molar-refractivity contribution < 1.29 is 33.7 Å². The summed E-state index contributed by atoms with van der Waals surface area (Å²) >= 11 is 0. The fourth-order valence-electron chi connectivity index (χ4n) is 0.556. The molecule has 11 heteroatoms.